The van der Waals surface area contributed by atoms with Crippen LogP contribution in [0.4, 0.5) is 0 Å². The Labute approximate surface area is 158 Å². The van der Waals surface area contributed by atoms with Gasteiger partial charge in [0.1, 0.15) is 0 Å². The fourth-order valence-corrected chi connectivity index (χ4v) is 5.26. The second-order valence-corrected chi connectivity index (χ2v) is 11.0. The van der Waals surface area contributed by atoms with Gasteiger partial charge in [0.15, 0.2) is 9.84 Å². The second-order valence-electron chi connectivity index (χ2n) is 5.22. The molecule has 0 saturated carbocycles. The van der Waals surface area contributed by atoms with Gasteiger partial charge < -0.3 is 0 Å². The van der Waals surface area contributed by atoms with Crippen molar-refractivity contribution in [1.82, 2.24) is 4.31 Å². The molecule has 0 aliphatic carbocycles. The van der Waals surface area contributed by atoms with Crippen LogP contribution in [-0.4, -0.2) is 34.4 Å². The Morgan fingerprint density at radius 2 is 1.58 bits per heavy atom. The van der Waals surface area contributed by atoms with Gasteiger partial charge >= 0.3 is 0 Å². The van der Waals surface area contributed by atoms with E-state index in [4.69, 9.17) is 0 Å². The number of benzene rings is 2. The number of hydrogen-bond donors (Lipinski definition) is 0. The van der Waals surface area contributed by atoms with Crippen molar-refractivity contribution in [2.24, 2.45) is 0 Å². The van der Waals surface area contributed by atoms with Crippen LogP contribution < -0.4 is 0 Å². The van der Waals surface area contributed by atoms with E-state index in [0.717, 1.165) is 16.3 Å². The molecule has 9 heteroatoms. The van der Waals surface area contributed by atoms with Crippen LogP contribution in [0, 0.1) is 0 Å². The highest BCUT2D eigenvalue weighted by molar-refractivity contribution is 9.10. The van der Waals surface area contributed by atoms with E-state index < -0.39 is 19.9 Å². The first-order chi connectivity index (χ1) is 11.0. The maximum absolute atomic E-state index is 12.8. The summed E-state index contributed by atoms with van der Waals surface area (Å²) in [4.78, 5) is -0.126. The number of halogens is 2. The third-order valence-corrected chi connectivity index (χ3v) is 8.05. The lowest BCUT2D eigenvalue weighted by Crippen LogP contribution is -2.27. The van der Waals surface area contributed by atoms with Crippen molar-refractivity contribution in [3.05, 3.63) is 57.0 Å². The molecule has 2 aromatic carbocycles. The molecule has 0 aromatic heterocycles. The van der Waals surface area contributed by atoms with E-state index >= 15 is 0 Å². The molecule has 130 valence electrons. The first kappa shape index (κ1) is 19.6. The quantitative estimate of drug-likeness (QED) is 0.635. The van der Waals surface area contributed by atoms with Gasteiger partial charge in [0, 0.05) is 28.8 Å². The van der Waals surface area contributed by atoms with Gasteiger partial charge in [-0.15, -0.1) is 0 Å². The van der Waals surface area contributed by atoms with Gasteiger partial charge in [-0.1, -0.05) is 34.1 Å². The smallest absolute Gasteiger partial charge is 0.224 e. The molecule has 0 radical (unpaired) electrons. The zero-order valence-electron chi connectivity index (χ0n) is 12.9. The fraction of sp³-hybridized carbons (Fsp3) is 0.200. The Morgan fingerprint density at radius 1 is 0.958 bits per heavy atom. The molecule has 2 rings (SSSR count). The topological polar surface area (TPSA) is 71.5 Å². The summed E-state index contributed by atoms with van der Waals surface area (Å²) in [6, 6.07) is 11.3. The molecule has 0 fully saturated rings. The molecular formula is C15H15Br2NO4S2. The summed E-state index contributed by atoms with van der Waals surface area (Å²) in [5.41, 5.74) is 0.805. The number of nitrogens with zero attached hydrogens (tertiary/aromatic N) is 1. The molecule has 24 heavy (non-hydrogen) atoms. The molecular weight excluding hydrogens is 482 g/mol. The van der Waals surface area contributed by atoms with Gasteiger partial charge in [-0.05, 0) is 45.8 Å². The van der Waals surface area contributed by atoms with Crippen LogP contribution in [0.1, 0.15) is 5.56 Å². The lowest BCUT2D eigenvalue weighted by Gasteiger charge is -2.19. The molecule has 0 aliphatic heterocycles. The fourth-order valence-electron chi connectivity index (χ4n) is 2.03. The average Bonchev–Trinajstić information content (AvgIpc) is 2.48. The molecule has 0 saturated heterocycles. The minimum Gasteiger partial charge on any atom is -0.224 e. The van der Waals surface area contributed by atoms with Crippen molar-refractivity contribution in [2.45, 2.75) is 16.3 Å². The Kier molecular flexibility index (Phi) is 5.91. The first-order valence-corrected chi connectivity index (χ1v) is 11.6. The summed E-state index contributed by atoms with van der Waals surface area (Å²) in [6.07, 6.45) is 1.04. The van der Waals surface area contributed by atoms with Crippen molar-refractivity contribution < 1.29 is 16.8 Å². The highest BCUT2D eigenvalue weighted by atomic mass is 79.9. The van der Waals surface area contributed by atoms with Crippen molar-refractivity contribution >= 4 is 51.7 Å². The second kappa shape index (κ2) is 7.25. The Balaban J connectivity index is 2.45. The summed E-state index contributed by atoms with van der Waals surface area (Å²) >= 11 is 6.58. The molecule has 0 aliphatic rings. The summed E-state index contributed by atoms with van der Waals surface area (Å²) in [5.74, 6) is 0. The third kappa shape index (κ3) is 4.26. The molecule has 0 spiro atoms. The molecule has 5 nitrogen and oxygen atoms in total. The van der Waals surface area contributed by atoms with E-state index in [2.05, 4.69) is 31.9 Å². The standard InChI is InChI=1S/C15H15Br2NO4S2/c1-18(10-11-5-3-4-6-13(11)16)24(21,22)15-9-12(23(2,19)20)7-8-14(15)17/h3-9H,10H2,1-2H3. The maximum Gasteiger partial charge on any atom is 0.244 e. The van der Waals surface area contributed by atoms with E-state index in [9.17, 15) is 16.8 Å². The first-order valence-electron chi connectivity index (χ1n) is 6.73. The average molecular weight is 497 g/mol. The number of sulfonamides is 1. The van der Waals surface area contributed by atoms with E-state index in [0.29, 0.717) is 4.47 Å². The highest BCUT2D eigenvalue weighted by Crippen LogP contribution is 2.29. The Hall–Kier alpha value is -0.740. The van der Waals surface area contributed by atoms with Crippen LogP contribution in [0.25, 0.3) is 0 Å². The van der Waals surface area contributed by atoms with Crippen LogP contribution in [0.3, 0.4) is 0 Å². The van der Waals surface area contributed by atoms with E-state index in [1.807, 2.05) is 24.3 Å². The van der Waals surface area contributed by atoms with Crippen LogP contribution in [0.2, 0.25) is 0 Å². The van der Waals surface area contributed by atoms with Gasteiger partial charge in [0.25, 0.3) is 0 Å². The van der Waals surface area contributed by atoms with Crippen molar-refractivity contribution in [2.75, 3.05) is 13.3 Å². The summed E-state index contributed by atoms with van der Waals surface area (Å²) < 4.78 is 51.4. The van der Waals surface area contributed by atoms with Gasteiger partial charge in [-0.25, -0.2) is 16.8 Å². The van der Waals surface area contributed by atoms with Crippen LogP contribution in [-0.2, 0) is 26.4 Å². The van der Waals surface area contributed by atoms with E-state index in [-0.39, 0.29) is 16.3 Å². The number of hydrogen-bond acceptors (Lipinski definition) is 4. The third-order valence-electron chi connectivity index (χ3n) is 3.37. The normalized spacial score (nSPS) is 12.5. The predicted molar refractivity (Wildman–Crippen MR) is 100 cm³/mol. The molecule has 0 atom stereocenters. The van der Waals surface area contributed by atoms with E-state index in [1.54, 1.807) is 0 Å². The summed E-state index contributed by atoms with van der Waals surface area (Å²) in [5, 5.41) is 0. The number of sulfone groups is 1. The Morgan fingerprint density at radius 3 is 2.17 bits per heavy atom. The van der Waals surface area contributed by atoms with Crippen molar-refractivity contribution in [1.29, 1.82) is 0 Å². The molecule has 0 N–H and O–H groups in total. The molecule has 0 bridgehead atoms. The van der Waals surface area contributed by atoms with Gasteiger partial charge in [0.05, 0.1) is 9.79 Å². The molecule has 0 heterocycles. The van der Waals surface area contributed by atoms with Gasteiger partial charge in [-0.3, -0.25) is 0 Å². The molecule has 0 amide bonds. The van der Waals surface area contributed by atoms with Crippen LogP contribution in [0.15, 0.2) is 61.2 Å². The minimum absolute atomic E-state index is 0.0430. The van der Waals surface area contributed by atoms with Crippen LogP contribution in [0.5, 0.6) is 0 Å². The largest absolute Gasteiger partial charge is 0.244 e. The monoisotopic (exact) mass is 495 g/mol. The maximum atomic E-state index is 12.8. The van der Waals surface area contributed by atoms with Crippen molar-refractivity contribution in [3.63, 3.8) is 0 Å². The molecule has 0 unspecified atom stereocenters. The number of rotatable bonds is 5. The summed E-state index contributed by atoms with van der Waals surface area (Å²) in [7, 11) is -5.92. The van der Waals surface area contributed by atoms with Gasteiger partial charge in [-0.2, -0.15) is 4.31 Å². The highest BCUT2D eigenvalue weighted by Gasteiger charge is 2.25. The SMILES string of the molecule is CN(Cc1ccccc1Br)S(=O)(=O)c1cc(S(C)(=O)=O)ccc1Br. The predicted octanol–water partition coefficient (Wildman–Crippen LogP) is 3.44. The lowest BCUT2D eigenvalue weighted by atomic mass is 10.2. The van der Waals surface area contributed by atoms with Crippen molar-refractivity contribution in [3.8, 4) is 0 Å². The zero-order valence-corrected chi connectivity index (χ0v) is 17.7. The van der Waals surface area contributed by atoms with E-state index in [1.165, 1.54) is 29.6 Å². The minimum atomic E-state index is -3.87. The lowest BCUT2D eigenvalue weighted by molar-refractivity contribution is 0.465. The summed E-state index contributed by atoms with van der Waals surface area (Å²) in [6.45, 7) is 0.152. The zero-order chi connectivity index (χ0) is 18.1. The van der Waals surface area contributed by atoms with Gasteiger partial charge in [0.2, 0.25) is 10.0 Å². The Bertz CT molecular complexity index is 973. The van der Waals surface area contributed by atoms with Crippen LogP contribution >= 0.6 is 31.9 Å². The molecule has 2 aromatic rings.